The van der Waals surface area contributed by atoms with Crippen molar-refractivity contribution in [3.8, 4) is 0 Å². The average Bonchev–Trinajstić information content (AvgIpc) is 2.64. The standard InChI is InChI=1S/C18H21NO6/c1-24-17(22)10-14-13(18(23)25-2)8-9-16(21)19(14)15(11-20)12-6-4-3-5-7-12/h3-7,10,13,15,20H,8-9,11H2,1-2H3/b14-10+/t13-,15+/m1/s1. The minimum absolute atomic E-state index is 0.113. The van der Waals surface area contributed by atoms with Crippen molar-refractivity contribution in [3.63, 3.8) is 0 Å². The summed E-state index contributed by atoms with van der Waals surface area (Å²) < 4.78 is 9.45. The van der Waals surface area contributed by atoms with Gasteiger partial charge in [0.05, 0.1) is 32.8 Å². The average molecular weight is 347 g/mol. The van der Waals surface area contributed by atoms with E-state index in [0.717, 1.165) is 6.08 Å². The summed E-state index contributed by atoms with van der Waals surface area (Å²) in [5.74, 6) is -2.29. The van der Waals surface area contributed by atoms with E-state index in [1.165, 1.54) is 19.1 Å². The van der Waals surface area contributed by atoms with Crippen LogP contribution in [0.25, 0.3) is 0 Å². The van der Waals surface area contributed by atoms with Gasteiger partial charge in [0.1, 0.15) is 0 Å². The van der Waals surface area contributed by atoms with Crippen LogP contribution in [0, 0.1) is 5.92 Å². The molecule has 1 amide bonds. The molecular weight excluding hydrogens is 326 g/mol. The van der Waals surface area contributed by atoms with Crippen LogP contribution in [0.4, 0.5) is 0 Å². The quantitative estimate of drug-likeness (QED) is 0.635. The highest BCUT2D eigenvalue weighted by Gasteiger charge is 2.40. The van der Waals surface area contributed by atoms with E-state index in [2.05, 4.69) is 4.74 Å². The number of hydrogen-bond donors (Lipinski definition) is 1. The summed E-state index contributed by atoms with van der Waals surface area (Å²) in [6, 6.07) is 8.22. The SMILES string of the molecule is COC(=O)/C=C1\[C@H](C(=O)OC)CCC(=O)N1[C@@H](CO)c1ccccc1. The Morgan fingerprint density at radius 2 is 1.96 bits per heavy atom. The van der Waals surface area contributed by atoms with Crippen LogP contribution in [0.1, 0.15) is 24.4 Å². The van der Waals surface area contributed by atoms with Crippen LogP contribution in [0.3, 0.4) is 0 Å². The molecule has 1 aliphatic heterocycles. The molecule has 0 aromatic heterocycles. The molecule has 1 N–H and O–H groups in total. The highest BCUT2D eigenvalue weighted by atomic mass is 16.5. The van der Waals surface area contributed by atoms with Crippen molar-refractivity contribution in [2.24, 2.45) is 5.92 Å². The van der Waals surface area contributed by atoms with Crippen molar-refractivity contribution >= 4 is 17.8 Å². The van der Waals surface area contributed by atoms with E-state index in [1.54, 1.807) is 24.3 Å². The van der Waals surface area contributed by atoms with Crippen LogP contribution in [0.2, 0.25) is 0 Å². The number of methoxy groups -OCH3 is 2. The molecule has 1 fully saturated rings. The van der Waals surface area contributed by atoms with Crippen molar-refractivity contribution < 1.29 is 29.0 Å². The van der Waals surface area contributed by atoms with Crippen molar-refractivity contribution in [3.05, 3.63) is 47.7 Å². The van der Waals surface area contributed by atoms with Gasteiger partial charge < -0.3 is 19.5 Å². The molecule has 1 aliphatic rings. The Morgan fingerprint density at radius 3 is 2.52 bits per heavy atom. The van der Waals surface area contributed by atoms with Crippen LogP contribution in [0.15, 0.2) is 42.1 Å². The molecule has 1 aromatic carbocycles. The monoisotopic (exact) mass is 347 g/mol. The Bertz CT molecular complexity index is 669. The summed E-state index contributed by atoms with van der Waals surface area (Å²) in [4.78, 5) is 37.8. The fraction of sp³-hybridized carbons (Fsp3) is 0.389. The second-order valence-corrected chi connectivity index (χ2v) is 5.58. The summed E-state index contributed by atoms with van der Waals surface area (Å²) in [6.07, 6.45) is 1.46. The molecule has 0 saturated carbocycles. The van der Waals surface area contributed by atoms with E-state index >= 15 is 0 Å². The first-order chi connectivity index (χ1) is 12.0. The zero-order valence-corrected chi connectivity index (χ0v) is 14.2. The van der Waals surface area contributed by atoms with Gasteiger partial charge in [0, 0.05) is 18.2 Å². The first kappa shape index (κ1) is 18.7. The molecule has 1 aromatic rings. The van der Waals surface area contributed by atoms with Crippen LogP contribution in [-0.2, 0) is 23.9 Å². The highest BCUT2D eigenvalue weighted by molar-refractivity contribution is 5.90. The third-order valence-corrected chi connectivity index (χ3v) is 4.17. The number of amides is 1. The molecule has 2 atom stereocenters. The highest BCUT2D eigenvalue weighted by Crippen LogP contribution is 2.36. The summed E-state index contributed by atoms with van der Waals surface area (Å²) in [5.41, 5.74) is 0.873. The number of likely N-dealkylation sites (tertiary alicyclic amines) is 1. The van der Waals surface area contributed by atoms with Gasteiger partial charge in [-0.15, -0.1) is 0 Å². The minimum Gasteiger partial charge on any atom is -0.469 e. The van der Waals surface area contributed by atoms with Gasteiger partial charge in [0.2, 0.25) is 5.91 Å². The lowest BCUT2D eigenvalue weighted by Gasteiger charge is -2.39. The van der Waals surface area contributed by atoms with Crippen LogP contribution in [0.5, 0.6) is 0 Å². The summed E-state index contributed by atoms with van der Waals surface area (Å²) in [6.45, 7) is -0.359. The van der Waals surface area contributed by atoms with Gasteiger partial charge in [-0.1, -0.05) is 30.3 Å². The maximum Gasteiger partial charge on any atom is 0.332 e. The van der Waals surface area contributed by atoms with Crippen molar-refractivity contribution in [1.82, 2.24) is 4.90 Å². The zero-order chi connectivity index (χ0) is 18.4. The fourth-order valence-corrected chi connectivity index (χ4v) is 2.94. The molecule has 0 spiro atoms. The van der Waals surface area contributed by atoms with Crippen LogP contribution < -0.4 is 0 Å². The molecular formula is C18H21NO6. The van der Waals surface area contributed by atoms with E-state index in [9.17, 15) is 19.5 Å². The smallest absolute Gasteiger partial charge is 0.332 e. The molecule has 0 aliphatic carbocycles. The number of piperidine rings is 1. The fourth-order valence-electron chi connectivity index (χ4n) is 2.94. The number of esters is 2. The van der Waals surface area contributed by atoms with Gasteiger partial charge in [0.25, 0.3) is 0 Å². The predicted octanol–water partition coefficient (Wildman–Crippen LogP) is 1.19. The summed E-state index contributed by atoms with van der Waals surface area (Å²) in [7, 11) is 2.46. The molecule has 7 nitrogen and oxygen atoms in total. The number of carbonyl (C=O) groups excluding carboxylic acids is 3. The minimum atomic E-state index is -0.778. The second kappa shape index (κ2) is 8.43. The summed E-state index contributed by atoms with van der Waals surface area (Å²) in [5, 5.41) is 9.89. The zero-order valence-electron chi connectivity index (χ0n) is 14.2. The van der Waals surface area contributed by atoms with E-state index < -0.39 is 23.9 Å². The Kier molecular flexibility index (Phi) is 6.30. The molecule has 1 saturated heterocycles. The van der Waals surface area contributed by atoms with Crippen LogP contribution in [-0.4, -0.2) is 48.7 Å². The molecule has 0 bridgehead atoms. The normalized spacial score (nSPS) is 20.3. The van der Waals surface area contributed by atoms with Gasteiger partial charge in [0.15, 0.2) is 0 Å². The molecule has 2 rings (SSSR count). The first-order valence-corrected chi connectivity index (χ1v) is 7.88. The van der Waals surface area contributed by atoms with Crippen molar-refractivity contribution in [2.45, 2.75) is 18.9 Å². The Hall–Kier alpha value is -2.67. The third-order valence-electron chi connectivity index (χ3n) is 4.17. The number of nitrogens with zero attached hydrogens (tertiary/aromatic N) is 1. The lowest BCUT2D eigenvalue weighted by atomic mass is 9.90. The molecule has 1 heterocycles. The summed E-state index contributed by atoms with van der Waals surface area (Å²) >= 11 is 0. The maximum atomic E-state index is 12.6. The number of aliphatic hydroxyl groups is 1. The number of benzene rings is 1. The van der Waals surface area contributed by atoms with Crippen molar-refractivity contribution in [1.29, 1.82) is 0 Å². The van der Waals surface area contributed by atoms with E-state index in [0.29, 0.717) is 5.56 Å². The Balaban J connectivity index is 2.52. The topological polar surface area (TPSA) is 93.1 Å². The van der Waals surface area contributed by atoms with Gasteiger partial charge in [-0.05, 0) is 12.0 Å². The van der Waals surface area contributed by atoms with Gasteiger partial charge >= 0.3 is 11.9 Å². The second-order valence-electron chi connectivity index (χ2n) is 5.58. The molecule has 0 radical (unpaired) electrons. The lowest BCUT2D eigenvalue weighted by Crippen LogP contribution is -2.44. The number of rotatable bonds is 5. The third kappa shape index (κ3) is 4.06. The first-order valence-electron chi connectivity index (χ1n) is 7.88. The number of aliphatic hydroxyl groups excluding tert-OH is 1. The van der Waals surface area contributed by atoms with Gasteiger partial charge in [-0.25, -0.2) is 4.79 Å². The number of carbonyl (C=O) groups is 3. The van der Waals surface area contributed by atoms with Gasteiger partial charge in [-0.3, -0.25) is 9.59 Å². The van der Waals surface area contributed by atoms with Gasteiger partial charge in [-0.2, -0.15) is 0 Å². The molecule has 7 heteroatoms. The number of hydrogen-bond acceptors (Lipinski definition) is 6. The largest absolute Gasteiger partial charge is 0.469 e. The Labute approximate surface area is 145 Å². The lowest BCUT2D eigenvalue weighted by molar-refractivity contribution is -0.148. The maximum absolute atomic E-state index is 12.6. The van der Waals surface area contributed by atoms with Crippen molar-refractivity contribution in [2.75, 3.05) is 20.8 Å². The number of ether oxygens (including phenoxy) is 2. The van der Waals surface area contributed by atoms with Crippen LogP contribution >= 0.6 is 0 Å². The predicted molar refractivity (Wildman–Crippen MR) is 88.0 cm³/mol. The molecule has 134 valence electrons. The Morgan fingerprint density at radius 1 is 1.28 bits per heavy atom. The molecule has 0 unspecified atom stereocenters. The van der Waals surface area contributed by atoms with E-state index in [4.69, 9.17) is 4.74 Å². The van der Waals surface area contributed by atoms with E-state index in [-0.39, 0.29) is 31.1 Å². The van der Waals surface area contributed by atoms with E-state index in [1.807, 2.05) is 6.07 Å². The molecule has 25 heavy (non-hydrogen) atoms.